The summed E-state index contributed by atoms with van der Waals surface area (Å²) < 4.78 is 0. The molecule has 0 aromatic rings. The largest absolute Gasteiger partial charge is 0.394 e. The molecule has 0 fully saturated rings. The molecule has 0 aromatic carbocycles. The minimum Gasteiger partial charge on any atom is -0.394 e. The molecule has 2 N–H and O–H groups in total. The molecule has 3 nitrogen and oxygen atoms in total. The maximum absolute atomic E-state index is 9.21. The first-order chi connectivity index (χ1) is 5.70. The standard InChI is InChI=1S/C9H21NO2/c1-4-9(7-11,8-12)10(5-2)6-3/h11-12H,4-8H2,1-3H3. The summed E-state index contributed by atoms with van der Waals surface area (Å²) in [6.07, 6.45) is 0.779. The number of hydrogen-bond acceptors (Lipinski definition) is 3. The highest BCUT2D eigenvalue weighted by atomic mass is 16.3. The summed E-state index contributed by atoms with van der Waals surface area (Å²) in [5.74, 6) is 0. The molecule has 0 saturated carbocycles. The van der Waals surface area contributed by atoms with Crippen molar-refractivity contribution in [1.82, 2.24) is 4.90 Å². The van der Waals surface area contributed by atoms with E-state index < -0.39 is 5.54 Å². The average Bonchev–Trinajstić information content (AvgIpc) is 2.14. The van der Waals surface area contributed by atoms with Crippen molar-refractivity contribution in [1.29, 1.82) is 0 Å². The summed E-state index contributed by atoms with van der Waals surface area (Å²) >= 11 is 0. The molecule has 0 aliphatic rings. The van der Waals surface area contributed by atoms with Crippen molar-refractivity contribution in [2.45, 2.75) is 32.7 Å². The lowest BCUT2D eigenvalue weighted by Crippen LogP contribution is -2.53. The molecule has 0 spiro atoms. The number of aliphatic hydroxyl groups excluding tert-OH is 2. The molecular weight excluding hydrogens is 154 g/mol. The molecule has 3 heteroatoms. The van der Waals surface area contributed by atoms with Gasteiger partial charge in [0, 0.05) is 0 Å². The van der Waals surface area contributed by atoms with Crippen LogP contribution in [0.15, 0.2) is 0 Å². The Morgan fingerprint density at radius 2 is 1.42 bits per heavy atom. The summed E-state index contributed by atoms with van der Waals surface area (Å²) in [5.41, 5.74) is -0.413. The van der Waals surface area contributed by atoms with Gasteiger partial charge in [0.15, 0.2) is 0 Å². The average molecular weight is 175 g/mol. The third-order valence-corrected chi connectivity index (χ3v) is 2.68. The Hall–Kier alpha value is -0.120. The molecule has 0 heterocycles. The molecule has 0 amide bonds. The van der Waals surface area contributed by atoms with E-state index in [0.29, 0.717) is 0 Å². The lowest BCUT2D eigenvalue weighted by atomic mass is 9.96. The second-order valence-electron chi connectivity index (χ2n) is 3.07. The normalized spacial score (nSPS) is 12.5. The quantitative estimate of drug-likeness (QED) is 0.616. The van der Waals surface area contributed by atoms with Crippen LogP contribution in [-0.2, 0) is 0 Å². The lowest BCUT2D eigenvalue weighted by Gasteiger charge is -2.39. The van der Waals surface area contributed by atoms with Gasteiger partial charge in [0.05, 0.1) is 18.8 Å². The van der Waals surface area contributed by atoms with Crippen molar-refractivity contribution >= 4 is 0 Å². The number of aliphatic hydroxyl groups is 2. The van der Waals surface area contributed by atoms with Gasteiger partial charge in [-0.05, 0) is 19.5 Å². The van der Waals surface area contributed by atoms with Crippen LogP contribution in [-0.4, -0.2) is 47.0 Å². The second-order valence-corrected chi connectivity index (χ2v) is 3.07. The summed E-state index contributed by atoms with van der Waals surface area (Å²) in [6, 6.07) is 0. The molecule has 0 aliphatic carbocycles. The van der Waals surface area contributed by atoms with Crippen LogP contribution in [0.4, 0.5) is 0 Å². The lowest BCUT2D eigenvalue weighted by molar-refractivity contribution is -0.0105. The Morgan fingerprint density at radius 3 is 1.50 bits per heavy atom. The maximum atomic E-state index is 9.21. The van der Waals surface area contributed by atoms with E-state index in [1.807, 2.05) is 20.8 Å². The van der Waals surface area contributed by atoms with Crippen LogP contribution in [0, 0.1) is 0 Å². The first-order valence-electron chi connectivity index (χ1n) is 4.67. The van der Waals surface area contributed by atoms with E-state index in [1.54, 1.807) is 0 Å². The number of nitrogens with zero attached hydrogens (tertiary/aromatic N) is 1. The van der Waals surface area contributed by atoms with Crippen molar-refractivity contribution < 1.29 is 10.2 Å². The maximum Gasteiger partial charge on any atom is 0.0670 e. The van der Waals surface area contributed by atoms with Crippen LogP contribution in [0.3, 0.4) is 0 Å². The predicted octanol–water partition coefficient (Wildman–Crippen LogP) is 0.462. The SMILES string of the molecule is CCN(CC)C(CC)(CO)CO. The zero-order chi connectivity index (χ0) is 9.61. The first-order valence-corrected chi connectivity index (χ1v) is 4.67. The molecule has 0 atom stereocenters. The van der Waals surface area contributed by atoms with E-state index in [4.69, 9.17) is 0 Å². The van der Waals surface area contributed by atoms with E-state index in [1.165, 1.54) is 0 Å². The molecule has 0 rings (SSSR count). The molecular formula is C9H21NO2. The fraction of sp³-hybridized carbons (Fsp3) is 1.00. The minimum atomic E-state index is -0.413. The van der Waals surface area contributed by atoms with Crippen LogP contribution in [0.25, 0.3) is 0 Å². The van der Waals surface area contributed by atoms with Gasteiger partial charge < -0.3 is 10.2 Å². The summed E-state index contributed by atoms with van der Waals surface area (Å²) in [6.45, 7) is 7.86. The van der Waals surface area contributed by atoms with Gasteiger partial charge in [-0.3, -0.25) is 4.90 Å². The minimum absolute atomic E-state index is 0.0294. The summed E-state index contributed by atoms with van der Waals surface area (Å²) in [4.78, 5) is 2.10. The molecule has 0 saturated heterocycles. The van der Waals surface area contributed by atoms with Crippen molar-refractivity contribution in [3.8, 4) is 0 Å². The van der Waals surface area contributed by atoms with Gasteiger partial charge in [-0.1, -0.05) is 20.8 Å². The third-order valence-electron chi connectivity index (χ3n) is 2.68. The Labute approximate surface area is 75.0 Å². The van der Waals surface area contributed by atoms with Crippen LogP contribution >= 0.6 is 0 Å². The zero-order valence-electron chi connectivity index (χ0n) is 8.38. The molecule has 0 unspecified atom stereocenters. The first kappa shape index (κ1) is 11.9. The highest BCUT2D eigenvalue weighted by Gasteiger charge is 2.31. The van der Waals surface area contributed by atoms with Crippen molar-refractivity contribution in [3.63, 3.8) is 0 Å². The van der Waals surface area contributed by atoms with E-state index in [9.17, 15) is 10.2 Å². The van der Waals surface area contributed by atoms with Gasteiger partial charge in [-0.15, -0.1) is 0 Å². The van der Waals surface area contributed by atoms with Gasteiger partial charge in [0.1, 0.15) is 0 Å². The fourth-order valence-corrected chi connectivity index (χ4v) is 1.59. The highest BCUT2D eigenvalue weighted by Crippen LogP contribution is 2.17. The zero-order valence-corrected chi connectivity index (χ0v) is 8.38. The Bertz CT molecular complexity index is 101. The van der Waals surface area contributed by atoms with Crippen molar-refractivity contribution in [2.24, 2.45) is 0 Å². The molecule has 12 heavy (non-hydrogen) atoms. The summed E-state index contributed by atoms with van der Waals surface area (Å²) in [5, 5.41) is 18.4. The molecule has 0 aromatic heterocycles. The van der Waals surface area contributed by atoms with Crippen molar-refractivity contribution in [2.75, 3.05) is 26.3 Å². The van der Waals surface area contributed by atoms with Gasteiger partial charge in [0.2, 0.25) is 0 Å². The van der Waals surface area contributed by atoms with Crippen LogP contribution < -0.4 is 0 Å². The fourth-order valence-electron chi connectivity index (χ4n) is 1.59. The number of rotatable bonds is 6. The Kier molecular flexibility index (Phi) is 5.46. The second kappa shape index (κ2) is 5.51. The van der Waals surface area contributed by atoms with Gasteiger partial charge >= 0.3 is 0 Å². The van der Waals surface area contributed by atoms with Crippen LogP contribution in [0.5, 0.6) is 0 Å². The van der Waals surface area contributed by atoms with Gasteiger partial charge in [0.25, 0.3) is 0 Å². The Morgan fingerprint density at radius 1 is 1.00 bits per heavy atom. The molecule has 0 aliphatic heterocycles. The van der Waals surface area contributed by atoms with E-state index in [0.717, 1.165) is 19.5 Å². The third kappa shape index (κ3) is 2.19. The molecule has 0 radical (unpaired) electrons. The van der Waals surface area contributed by atoms with E-state index in [2.05, 4.69) is 4.90 Å². The van der Waals surface area contributed by atoms with Crippen LogP contribution in [0.1, 0.15) is 27.2 Å². The smallest absolute Gasteiger partial charge is 0.0670 e. The monoisotopic (exact) mass is 175 g/mol. The van der Waals surface area contributed by atoms with E-state index in [-0.39, 0.29) is 13.2 Å². The van der Waals surface area contributed by atoms with Crippen molar-refractivity contribution in [3.05, 3.63) is 0 Å². The highest BCUT2D eigenvalue weighted by molar-refractivity contribution is 4.87. The van der Waals surface area contributed by atoms with Crippen LogP contribution in [0.2, 0.25) is 0 Å². The predicted molar refractivity (Wildman–Crippen MR) is 50.1 cm³/mol. The topological polar surface area (TPSA) is 43.7 Å². The number of hydrogen-bond donors (Lipinski definition) is 2. The summed E-state index contributed by atoms with van der Waals surface area (Å²) in [7, 11) is 0. The number of likely N-dealkylation sites (N-methyl/N-ethyl adjacent to an activating group) is 1. The van der Waals surface area contributed by atoms with Gasteiger partial charge in [-0.2, -0.15) is 0 Å². The Balaban J connectivity index is 4.42. The molecule has 74 valence electrons. The molecule has 0 bridgehead atoms. The van der Waals surface area contributed by atoms with Gasteiger partial charge in [-0.25, -0.2) is 0 Å². The van der Waals surface area contributed by atoms with E-state index >= 15 is 0 Å².